The highest BCUT2D eigenvalue weighted by molar-refractivity contribution is 5.87. The van der Waals surface area contributed by atoms with E-state index in [2.05, 4.69) is 6.58 Å². The van der Waals surface area contributed by atoms with Gasteiger partial charge in [0.2, 0.25) is 0 Å². The van der Waals surface area contributed by atoms with Crippen molar-refractivity contribution in [3.8, 4) is 0 Å². The molecule has 0 saturated heterocycles. The molecule has 3 fully saturated rings. The maximum atomic E-state index is 11.7. The number of hydrogen-bond acceptors (Lipinski definition) is 2. The van der Waals surface area contributed by atoms with E-state index in [1.807, 2.05) is 0 Å². The minimum Gasteiger partial charge on any atom is -0.456 e. The van der Waals surface area contributed by atoms with Gasteiger partial charge in [-0.15, -0.1) is 0 Å². The van der Waals surface area contributed by atoms with Crippen molar-refractivity contribution in [1.82, 2.24) is 0 Å². The van der Waals surface area contributed by atoms with Crippen LogP contribution in [0.5, 0.6) is 0 Å². The number of rotatable bonds is 2. The molecule has 0 aliphatic heterocycles. The summed E-state index contributed by atoms with van der Waals surface area (Å²) < 4.78 is 5.72. The van der Waals surface area contributed by atoms with Gasteiger partial charge in [0.1, 0.15) is 5.60 Å². The van der Waals surface area contributed by atoms with Crippen molar-refractivity contribution in [3.63, 3.8) is 0 Å². The normalized spacial score (nSPS) is 33.9. The quantitative estimate of drug-likeness (QED) is 0.527. The lowest BCUT2D eigenvalue weighted by Gasteiger charge is -2.42. The van der Waals surface area contributed by atoms with Crippen molar-refractivity contribution >= 4 is 5.97 Å². The van der Waals surface area contributed by atoms with Gasteiger partial charge < -0.3 is 4.74 Å². The Morgan fingerprint density at radius 1 is 1.19 bits per heavy atom. The molecule has 0 spiro atoms. The van der Waals surface area contributed by atoms with Gasteiger partial charge in [-0.3, -0.25) is 0 Å². The fourth-order valence-electron chi connectivity index (χ4n) is 3.06. The average Bonchev–Trinajstić information content (AvgIpc) is 2.21. The summed E-state index contributed by atoms with van der Waals surface area (Å²) in [5.41, 5.74) is 0.381. The Morgan fingerprint density at radius 2 is 1.88 bits per heavy atom. The predicted octanol–water partition coefficient (Wildman–Crippen LogP) is 3.61. The molecule has 0 unspecified atom stereocenters. The number of hydrogen-bond donors (Lipinski definition) is 0. The second-order valence-electron chi connectivity index (χ2n) is 5.54. The minimum atomic E-state index is -0.195. The second-order valence-corrected chi connectivity index (χ2v) is 5.54. The van der Waals surface area contributed by atoms with Gasteiger partial charge >= 0.3 is 5.97 Å². The number of carbonyl (C=O) groups is 1. The fourth-order valence-corrected chi connectivity index (χ4v) is 3.06. The summed E-state index contributed by atoms with van der Waals surface area (Å²) in [6.45, 7) is 5.40. The number of carbonyl (C=O) groups excluding carboxylic acids is 1. The zero-order chi connectivity index (χ0) is 11.6. The first kappa shape index (κ1) is 11.7. The van der Waals surface area contributed by atoms with Gasteiger partial charge in [-0.1, -0.05) is 19.4 Å². The molecule has 0 N–H and O–H groups in total. The first-order valence-electron chi connectivity index (χ1n) is 6.50. The molecule has 0 atom stereocenters. The van der Waals surface area contributed by atoms with Crippen molar-refractivity contribution in [3.05, 3.63) is 12.2 Å². The van der Waals surface area contributed by atoms with Crippen molar-refractivity contribution in [2.45, 2.75) is 63.9 Å². The summed E-state index contributed by atoms with van der Waals surface area (Å²) in [7, 11) is 0. The molecular weight excluding hydrogens is 200 g/mol. The van der Waals surface area contributed by atoms with Crippen LogP contribution in [0.1, 0.15) is 58.3 Å². The molecule has 0 aromatic rings. The monoisotopic (exact) mass is 222 g/mol. The molecule has 2 heteroatoms. The first-order chi connectivity index (χ1) is 7.61. The number of ether oxygens (including phenoxy) is 1. The van der Waals surface area contributed by atoms with Crippen LogP contribution in [0.25, 0.3) is 0 Å². The maximum absolute atomic E-state index is 11.7. The van der Waals surface area contributed by atoms with Crippen molar-refractivity contribution in [1.29, 1.82) is 0 Å². The van der Waals surface area contributed by atoms with Crippen LogP contribution in [-0.4, -0.2) is 11.6 Å². The lowest BCUT2D eigenvalue weighted by atomic mass is 9.72. The van der Waals surface area contributed by atoms with E-state index in [-0.39, 0.29) is 11.6 Å². The van der Waals surface area contributed by atoms with Crippen molar-refractivity contribution < 1.29 is 9.53 Å². The summed E-state index contributed by atoms with van der Waals surface area (Å²) in [5.74, 6) is 0.691. The summed E-state index contributed by atoms with van der Waals surface area (Å²) in [5, 5.41) is 0. The highest BCUT2D eigenvalue weighted by atomic mass is 16.6. The van der Waals surface area contributed by atoms with Crippen LogP contribution in [0.4, 0.5) is 0 Å². The zero-order valence-corrected chi connectivity index (χ0v) is 10.3. The van der Waals surface area contributed by atoms with Gasteiger partial charge in [-0.05, 0) is 51.4 Å². The van der Waals surface area contributed by atoms with E-state index in [0.717, 1.165) is 25.2 Å². The first-order valence-corrected chi connectivity index (χ1v) is 6.50. The molecule has 0 amide bonds. The van der Waals surface area contributed by atoms with E-state index in [1.165, 1.54) is 32.1 Å². The van der Waals surface area contributed by atoms with Crippen LogP contribution < -0.4 is 0 Å². The van der Waals surface area contributed by atoms with Crippen LogP contribution in [-0.2, 0) is 9.53 Å². The van der Waals surface area contributed by atoms with Crippen LogP contribution in [0.3, 0.4) is 0 Å². The molecule has 90 valence electrons. The lowest BCUT2D eigenvalue weighted by Crippen LogP contribution is -2.40. The smallest absolute Gasteiger partial charge is 0.333 e. The molecule has 3 aliphatic rings. The largest absolute Gasteiger partial charge is 0.456 e. The highest BCUT2D eigenvalue weighted by Crippen LogP contribution is 2.43. The Labute approximate surface area is 98.1 Å². The molecule has 3 rings (SSSR count). The topological polar surface area (TPSA) is 26.3 Å². The molecule has 16 heavy (non-hydrogen) atoms. The van der Waals surface area contributed by atoms with E-state index in [9.17, 15) is 4.79 Å². The van der Waals surface area contributed by atoms with Crippen LogP contribution in [0.15, 0.2) is 12.2 Å². The van der Waals surface area contributed by atoms with Gasteiger partial charge in [0.15, 0.2) is 0 Å². The Morgan fingerprint density at radius 3 is 2.50 bits per heavy atom. The molecule has 3 aliphatic carbocycles. The Bertz CT molecular complexity index is 280. The lowest BCUT2D eigenvalue weighted by molar-refractivity contribution is -0.161. The van der Waals surface area contributed by atoms with Gasteiger partial charge in [-0.25, -0.2) is 4.79 Å². The molecule has 0 aromatic carbocycles. The minimum absolute atomic E-state index is 0.146. The van der Waals surface area contributed by atoms with Gasteiger partial charge in [-0.2, -0.15) is 0 Å². The van der Waals surface area contributed by atoms with Crippen LogP contribution in [0.2, 0.25) is 0 Å². The zero-order valence-electron chi connectivity index (χ0n) is 10.3. The summed E-state index contributed by atoms with van der Waals surface area (Å²) >= 11 is 0. The number of esters is 1. The van der Waals surface area contributed by atoms with E-state index in [1.54, 1.807) is 6.92 Å². The highest BCUT2D eigenvalue weighted by Gasteiger charge is 2.39. The molecule has 0 aromatic heterocycles. The maximum Gasteiger partial charge on any atom is 0.333 e. The third kappa shape index (κ3) is 2.47. The summed E-state index contributed by atoms with van der Waals surface area (Å²) in [6, 6.07) is 0. The second kappa shape index (κ2) is 4.60. The van der Waals surface area contributed by atoms with E-state index in [4.69, 9.17) is 4.74 Å². The molecule has 2 bridgehead atoms. The summed E-state index contributed by atoms with van der Waals surface area (Å²) in [4.78, 5) is 11.7. The van der Waals surface area contributed by atoms with Gasteiger partial charge in [0.25, 0.3) is 0 Å². The third-order valence-electron chi connectivity index (χ3n) is 4.17. The number of fused-ring (bicyclic) bond motifs is 5. The van der Waals surface area contributed by atoms with Crippen LogP contribution in [0, 0.1) is 5.92 Å². The van der Waals surface area contributed by atoms with Crippen molar-refractivity contribution in [2.24, 2.45) is 5.92 Å². The summed E-state index contributed by atoms with van der Waals surface area (Å²) in [6.07, 6.45) is 9.56. The van der Waals surface area contributed by atoms with E-state index < -0.39 is 0 Å². The Hall–Kier alpha value is -0.790. The van der Waals surface area contributed by atoms with E-state index in [0.29, 0.717) is 5.57 Å². The standard InChI is InChI=1S/C14H22O2/c1-11(2)13(15)16-14-8-4-3-5-12(6-9-14)7-10-14/h12H,1,3-10H2,2H3. The third-order valence-corrected chi connectivity index (χ3v) is 4.17. The fraction of sp³-hybridized carbons (Fsp3) is 0.786. The average molecular weight is 222 g/mol. The predicted molar refractivity (Wildman–Crippen MR) is 64.1 cm³/mol. The van der Waals surface area contributed by atoms with E-state index >= 15 is 0 Å². The Balaban J connectivity index is 2.04. The molecule has 2 nitrogen and oxygen atoms in total. The van der Waals surface area contributed by atoms with Gasteiger partial charge in [0.05, 0.1) is 0 Å². The molecule has 3 saturated carbocycles. The molecular formula is C14H22O2. The van der Waals surface area contributed by atoms with Crippen molar-refractivity contribution in [2.75, 3.05) is 0 Å². The van der Waals surface area contributed by atoms with Crippen LogP contribution >= 0.6 is 0 Å². The Kier molecular flexibility index (Phi) is 3.36. The SMILES string of the molecule is C=C(C)C(=O)OC12CCCCC(CC1)CC2. The molecule has 0 heterocycles. The molecule has 0 radical (unpaired) electrons. The van der Waals surface area contributed by atoms with Gasteiger partial charge in [0, 0.05) is 5.57 Å².